The summed E-state index contributed by atoms with van der Waals surface area (Å²) < 4.78 is 11.0. The van der Waals surface area contributed by atoms with Gasteiger partial charge in [0.2, 0.25) is 0 Å². The number of carbonyl (C=O) groups excluding carboxylic acids is 1. The molecule has 2 rings (SSSR count). The van der Waals surface area contributed by atoms with E-state index >= 15 is 0 Å². The standard InChI is InChI=1S/C17H25NO3/c1-12-10-14-15(11-13(12)2)21-17(3,4)16(19)18(14)8-6-7-9-20-5/h10-11H,6-9H2,1-5H3. The zero-order chi connectivity index (χ0) is 15.6. The summed E-state index contributed by atoms with van der Waals surface area (Å²) in [4.78, 5) is 14.5. The maximum Gasteiger partial charge on any atom is 0.270 e. The molecule has 4 heteroatoms. The van der Waals surface area contributed by atoms with Gasteiger partial charge in [-0.2, -0.15) is 0 Å². The fraction of sp³-hybridized carbons (Fsp3) is 0.588. The Hall–Kier alpha value is -1.55. The molecule has 0 aromatic heterocycles. The van der Waals surface area contributed by atoms with E-state index < -0.39 is 5.60 Å². The van der Waals surface area contributed by atoms with Crippen LogP contribution in [0.3, 0.4) is 0 Å². The maximum absolute atomic E-state index is 12.6. The molecule has 1 heterocycles. The van der Waals surface area contributed by atoms with Crippen molar-refractivity contribution in [3.05, 3.63) is 23.3 Å². The number of carbonyl (C=O) groups is 1. The Kier molecular flexibility index (Phi) is 4.57. The van der Waals surface area contributed by atoms with Crippen molar-refractivity contribution in [2.24, 2.45) is 0 Å². The molecule has 1 aromatic rings. The zero-order valence-corrected chi connectivity index (χ0v) is 13.7. The summed E-state index contributed by atoms with van der Waals surface area (Å²) in [5, 5.41) is 0. The lowest BCUT2D eigenvalue weighted by atomic mass is 10.0. The van der Waals surface area contributed by atoms with E-state index in [-0.39, 0.29) is 5.91 Å². The van der Waals surface area contributed by atoms with E-state index in [1.165, 1.54) is 11.1 Å². The van der Waals surface area contributed by atoms with Crippen LogP contribution in [-0.4, -0.2) is 31.8 Å². The second-order valence-electron chi connectivity index (χ2n) is 6.17. The van der Waals surface area contributed by atoms with Crippen molar-refractivity contribution in [3.63, 3.8) is 0 Å². The van der Waals surface area contributed by atoms with Crippen LogP contribution in [0, 0.1) is 13.8 Å². The van der Waals surface area contributed by atoms with Gasteiger partial charge < -0.3 is 14.4 Å². The minimum atomic E-state index is -0.810. The highest BCUT2D eigenvalue weighted by molar-refractivity contribution is 6.02. The number of anilines is 1. The SMILES string of the molecule is COCCCCN1C(=O)C(C)(C)Oc2cc(C)c(C)cc21. The van der Waals surface area contributed by atoms with Gasteiger partial charge in [0.15, 0.2) is 5.60 Å². The van der Waals surface area contributed by atoms with Crippen molar-refractivity contribution in [3.8, 4) is 5.75 Å². The van der Waals surface area contributed by atoms with Gasteiger partial charge in [0.05, 0.1) is 5.69 Å². The van der Waals surface area contributed by atoms with Crippen molar-refractivity contribution >= 4 is 11.6 Å². The summed E-state index contributed by atoms with van der Waals surface area (Å²) in [6, 6.07) is 4.08. The fourth-order valence-electron chi connectivity index (χ4n) is 2.56. The van der Waals surface area contributed by atoms with Gasteiger partial charge in [0.25, 0.3) is 5.91 Å². The smallest absolute Gasteiger partial charge is 0.270 e. The molecule has 0 fully saturated rings. The second kappa shape index (κ2) is 6.06. The quantitative estimate of drug-likeness (QED) is 0.782. The van der Waals surface area contributed by atoms with Crippen LogP contribution in [0.1, 0.15) is 37.8 Å². The van der Waals surface area contributed by atoms with Crippen molar-refractivity contribution < 1.29 is 14.3 Å². The lowest BCUT2D eigenvalue weighted by Gasteiger charge is -2.39. The molecule has 0 saturated carbocycles. The van der Waals surface area contributed by atoms with Crippen LogP contribution in [0.5, 0.6) is 5.75 Å². The molecule has 0 radical (unpaired) electrons. The van der Waals surface area contributed by atoms with Crippen molar-refractivity contribution in [1.29, 1.82) is 0 Å². The van der Waals surface area contributed by atoms with Gasteiger partial charge in [-0.25, -0.2) is 0 Å². The lowest BCUT2D eigenvalue weighted by Crippen LogP contribution is -2.52. The molecule has 0 N–H and O–H groups in total. The predicted octanol–water partition coefficient (Wildman–Crippen LogP) is 3.23. The summed E-state index contributed by atoms with van der Waals surface area (Å²) in [5.74, 6) is 0.824. The second-order valence-corrected chi connectivity index (χ2v) is 6.17. The summed E-state index contributed by atoms with van der Waals surface area (Å²) in [7, 11) is 1.70. The van der Waals surface area contributed by atoms with E-state index in [0.29, 0.717) is 6.54 Å². The van der Waals surface area contributed by atoms with Crippen LogP contribution in [-0.2, 0) is 9.53 Å². The van der Waals surface area contributed by atoms with E-state index in [1.807, 2.05) is 30.9 Å². The van der Waals surface area contributed by atoms with Crippen molar-refractivity contribution in [2.75, 3.05) is 25.2 Å². The first-order valence-corrected chi connectivity index (χ1v) is 7.48. The maximum atomic E-state index is 12.6. The molecule has 1 aliphatic rings. The molecule has 4 nitrogen and oxygen atoms in total. The molecular weight excluding hydrogens is 266 g/mol. The Balaban J connectivity index is 2.30. The Bertz CT molecular complexity index is 537. The number of rotatable bonds is 5. The van der Waals surface area contributed by atoms with Crippen LogP contribution >= 0.6 is 0 Å². The van der Waals surface area contributed by atoms with Gasteiger partial charge in [-0.1, -0.05) is 0 Å². The summed E-state index contributed by atoms with van der Waals surface area (Å²) in [5.41, 5.74) is 2.43. The highest BCUT2D eigenvalue weighted by Gasteiger charge is 2.40. The first-order valence-electron chi connectivity index (χ1n) is 7.48. The largest absolute Gasteiger partial charge is 0.476 e. The number of nitrogens with zero attached hydrogens (tertiary/aromatic N) is 1. The number of amides is 1. The Morgan fingerprint density at radius 2 is 1.86 bits per heavy atom. The number of fused-ring (bicyclic) bond motifs is 1. The van der Waals surface area contributed by atoms with Crippen LogP contribution in [0.2, 0.25) is 0 Å². The van der Waals surface area contributed by atoms with Crippen LogP contribution in [0.25, 0.3) is 0 Å². The zero-order valence-electron chi connectivity index (χ0n) is 13.7. The van der Waals surface area contributed by atoms with Gasteiger partial charge >= 0.3 is 0 Å². The van der Waals surface area contributed by atoms with Gasteiger partial charge in [0.1, 0.15) is 5.75 Å². The predicted molar refractivity (Wildman–Crippen MR) is 84.1 cm³/mol. The number of methoxy groups -OCH3 is 1. The highest BCUT2D eigenvalue weighted by atomic mass is 16.5. The van der Waals surface area contributed by atoms with Gasteiger partial charge in [0, 0.05) is 20.3 Å². The van der Waals surface area contributed by atoms with Gasteiger partial charge in [-0.3, -0.25) is 4.79 Å². The normalized spacial score (nSPS) is 16.6. The molecule has 116 valence electrons. The lowest BCUT2D eigenvalue weighted by molar-refractivity contribution is -0.132. The third-order valence-electron chi connectivity index (χ3n) is 3.97. The van der Waals surface area contributed by atoms with Crippen LogP contribution < -0.4 is 9.64 Å². The molecule has 1 aromatic carbocycles. The van der Waals surface area contributed by atoms with Crippen molar-refractivity contribution in [2.45, 2.75) is 46.1 Å². The summed E-state index contributed by atoms with van der Waals surface area (Å²) in [6.45, 7) is 9.20. The van der Waals surface area contributed by atoms with E-state index in [2.05, 4.69) is 13.8 Å². The van der Waals surface area contributed by atoms with E-state index in [0.717, 1.165) is 30.9 Å². The number of hydrogen-bond donors (Lipinski definition) is 0. The average molecular weight is 291 g/mol. The summed E-state index contributed by atoms with van der Waals surface area (Å²) >= 11 is 0. The molecular formula is C17H25NO3. The Labute approximate surface area is 127 Å². The molecule has 0 aliphatic carbocycles. The molecule has 0 saturated heterocycles. The molecule has 21 heavy (non-hydrogen) atoms. The number of ether oxygens (including phenoxy) is 2. The summed E-state index contributed by atoms with van der Waals surface area (Å²) in [6.07, 6.45) is 1.86. The first kappa shape index (κ1) is 15.8. The van der Waals surface area contributed by atoms with Gasteiger partial charge in [-0.05, 0) is 63.8 Å². The number of aryl methyl sites for hydroxylation is 2. The third-order valence-corrected chi connectivity index (χ3v) is 3.97. The van der Waals surface area contributed by atoms with Gasteiger partial charge in [-0.15, -0.1) is 0 Å². The van der Waals surface area contributed by atoms with Crippen LogP contribution in [0.15, 0.2) is 12.1 Å². The number of unbranched alkanes of at least 4 members (excludes halogenated alkanes) is 1. The topological polar surface area (TPSA) is 38.8 Å². The van der Waals surface area contributed by atoms with E-state index in [9.17, 15) is 4.79 Å². The first-order chi connectivity index (χ1) is 9.86. The van der Waals surface area contributed by atoms with E-state index in [1.54, 1.807) is 7.11 Å². The molecule has 0 atom stereocenters. The number of hydrogen-bond acceptors (Lipinski definition) is 3. The highest BCUT2D eigenvalue weighted by Crippen LogP contribution is 2.39. The molecule has 0 unspecified atom stereocenters. The molecule has 1 aliphatic heterocycles. The Morgan fingerprint density at radius 1 is 1.19 bits per heavy atom. The van der Waals surface area contributed by atoms with E-state index in [4.69, 9.17) is 9.47 Å². The van der Waals surface area contributed by atoms with Crippen molar-refractivity contribution in [1.82, 2.24) is 0 Å². The van der Waals surface area contributed by atoms with Crippen LogP contribution in [0.4, 0.5) is 5.69 Å². The molecule has 0 spiro atoms. The number of benzene rings is 1. The average Bonchev–Trinajstić information content (AvgIpc) is 2.41. The third kappa shape index (κ3) is 3.21. The minimum absolute atomic E-state index is 0.0238. The minimum Gasteiger partial charge on any atom is -0.476 e. The fourth-order valence-corrected chi connectivity index (χ4v) is 2.56. The Morgan fingerprint density at radius 3 is 2.52 bits per heavy atom. The monoisotopic (exact) mass is 291 g/mol. The molecule has 1 amide bonds. The molecule has 0 bridgehead atoms.